The summed E-state index contributed by atoms with van der Waals surface area (Å²) in [5.41, 5.74) is 4.30. The van der Waals surface area contributed by atoms with Crippen LogP contribution in [0.2, 0.25) is 0 Å². The van der Waals surface area contributed by atoms with Crippen LogP contribution in [0.1, 0.15) is 57.2 Å². The Morgan fingerprint density at radius 3 is 2.52 bits per heavy atom. The van der Waals surface area contributed by atoms with Crippen molar-refractivity contribution in [3.8, 4) is 0 Å². The number of para-hydroxylation sites is 1. The number of rotatable bonds is 7. The molecule has 0 bridgehead atoms. The molecule has 0 radical (unpaired) electrons. The summed E-state index contributed by atoms with van der Waals surface area (Å²) in [6, 6.07) is 16.6. The highest BCUT2D eigenvalue weighted by molar-refractivity contribution is 5.95. The molecule has 0 unspecified atom stereocenters. The number of nitrogens with zero attached hydrogens (tertiary/aromatic N) is 1. The Hall–Kier alpha value is -2.82. The summed E-state index contributed by atoms with van der Waals surface area (Å²) >= 11 is 0. The predicted molar refractivity (Wildman–Crippen MR) is 116 cm³/mol. The van der Waals surface area contributed by atoms with E-state index >= 15 is 0 Å². The molecule has 1 heterocycles. The molecule has 2 atom stereocenters. The van der Waals surface area contributed by atoms with Crippen molar-refractivity contribution in [2.24, 2.45) is 0 Å². The van der Waals surface area contributed by atoms with Gasteiger partial charge in [-0.15, -0.1) is 0 Å². The van der Waals surface area contributed by atoms with E-state index in [-0.39, 0.29) is 24.0 Å². The Bertz CT molecular complexity index is 847. The van der Waals surface area contributed by atoms with E-state index < -0.39 is 0 Å². The highest BCUT2D eigenvalue weighted by Crippen LogP contribution is 2.39. The molecular weight excluding hydrogens is 364 g/mol. The molecule has 1 N–H and O–H groups in total. The van der Waals surface area contributed by atoms with Crippen LogP contribution in [-0.4, -0.2) is 24.5 Å². The van der Waals surface area contributed by atoms with Crippen LogP contribution in [0.25, 0.3) is 0 Å². The van der Waals surface area contributed by atoms with E-state index in [2.05, 4.69) is 30.4 Å². The van der Waals surface area contributed by atoms with Crippen LogP contribution < -0.4 is 10.2 Å². The van der Waals surface area contributed by atoms with Crippen LogP contribution in [0, 0.1) is 0 Å². The van der Waals surface area contributed by atoms with Crippen molar-refractivity contribution in [2.45, 2.75) is 58.5 Å². The number of aryl methyl sites for hydroxylation is 1. The number of fused-ring (bicyclic) bond motifs is 1. The van der Waals surface area contributed by atoms with Gasteiger partial charge in [-0.2, -0.15) is 0 Å². The number of nitrogens with one attached hydrogen (secondary N) is 1. The van der Waals surface area contributed by atoms with Crippen molar-refractivity contribution in [2.75, 3.05) is 16.8 Å². The van der Waals surface area contributed by atoms with Gasteiger partial charge in [0, 0.05) is 30.3 Å². The smallest absolute Gasteiger partial charge is 0.306 e. The average Bonchev–Trinajstić information content (AvgIpc) is 2.73. The lowest BCUT2D eigenvalue weighted by Crippen LogP contribution is -2.44. The maximum absolute atomic E-state index is 12.5. The van der Waals surface area contributed by atoms with Gasteiger partial charge in [0.2, 0.25) is 5.91 Å². The molecule has 5 heteroatoms. The quantitative estimate of drug-likeness (QED) is 0.681. The third-order valence-corrected chi connectivity index (χ3v) is 5.38. The summed E-state index contributed by atoms with van der Waals surface area (Å²) in [7, 11) is 0. The molecule has 2 aromatic carbocycles. The van der Waals surface area contributed by atoms with Crippen molar-refractivity contribution in [1.82, 2.24) is 0 Å². The van der Waals surface area contributed by atoms with Crippen molar-refractivity contribution < 1.29 is 14.3 Å². The number of amides is 1. The Labute approximate surface area is 173 Å². The van der Waals surface area contributed by atoms with Crippen LogP contribution in [0.5, 0.6) is 0 Å². The summed E-state index contributed by atoms with van der Waals surface area (Å²) in [6.45, 7) is 6.26. The van der Waals surface area contributed by atoms with Gasteiger partial charge < -0.3 is 15.0 Å². The molecule has 0 saturated heterocycles. The standard InChI is InChI=1S/C24H30N2O3/c1-4-23(27)26-17(3)16-21(20-8-6-7-9-22(20)26)25-19-13-10-18(11-14-19)12-15-24(28)29-5-2/h6-11,13-14,17,21,25H,4-5,12,15-16H2,1-3H3/t17-,21+/m0/s1. The highest BCUT2D eigenvalue weighted by Gasteiger charge is 2.32. The van der Waals surface area contributed by atoms with Crippen LogP contribution in [-0.2, 0) is 20.7 Å². The maximum atomic E-state index is 12.5. The van der Waals surface area contributed by atoms with Crippen molar-refractivity contribution in [3.63, 3.8) is 0 Å². The second-order valence-electron chi connectivity index (χ2n) is 7.46. The molecule has 0 saturated carbocycles. The zero-order valence-electron chi connectivity index (χ0n) is 17.5. The predicted octanol–water partition coefficient (Wildman–Crippen LogP) is 4.87. The van der Waals surface area contributed by atoms with E-state index in [1.807, 2.05) is 49.1 Å². The van der Waals surface area contributed by atoms with Gasteiger partial charge >= 0.3 is 5.97 Å². The minimum atomic E-state index is -0.159. The summed E-state index contributed by atoms with van der Waals surface area (Å²) in [5.74, 6) is 0.00281. The lowest BCUT2D eigenvalue weighted by molar-refractivity contribution is -0.143. The fourth-order valence-electron chi connectivity index (χ4n) is 3.95. The van der Waals surface area contributed by atoms with Gasteiger partial charge in [0.05, 0.1) is 12.6 Å². The van der Waals surface area contributed by atoms with Gasteiger partial charge in [0.1, 0.15) is 0 Å². The summed E-state index contributed by atoms with van der Waals surface area (Å²) in [5, 5.41) is 3.63. The first-order valence-electron chi connectivity index (χ1n) is 10.5. The number of carbonyl (C=O) groups is 2. The zero-order chi connectivity index (χ0) is 20.8. The molecule has 5 nitrogen and oxygen atoms in total. The zero-order valence-corrected chi connectivity index (χ0v) is 17.5. The van der Waals surface area contributed by atoms with Gasteiger partial charge in [0.25, 0.3) is 0 Å². The summed E-state index contributed by atoms with van der Waals surface area (Å²) in [4.78, 5) is 25.9. The molecule has 1 aliphatic heterocycles. The second-order valence-corrected chi connectivity index (χ2v) is 7.46. The molecule has 0 spiro atoms. The molecule has 0 fully saturated rings. The van der Waals surface area contributed by atoms with E-state index in [9.17, 15) is 9.59 Å². The van der Waals surface area contributed by atoms with E-state index in [1.54, 1.807) is 0 Å². The average molecular weight is 395 g/mol. The second kappa shape index (κ2) is 9.59. The molecule has 3 rings (SSSR count). The fraction of sp³-hybridized carbons (Fsp3) is 0.417. The topological polar surface area (TPSA) is 58.6 Å². The first-order chi connectivity index (χ1) is 14.0. The van der Waals surface area contributed by atoms with Crippen molar-refractivity contribution in [3.05, 3.63) is 59.7 Å². The molecule has 2 aromatic rings. The van der Waals surface area contributed by atoms with E-state index in [1.165, 1.54) is 0 Å². The van der Waals surface area contributed by atoms with Crippen LogP contribution in [0.3, 0.4) is 0 Å². The number of carbonyl (C=O) groups excluding carboxylic acids is 2. The lowest BCUT2D eigenvalue weighted by Gasteiger charge is -2.40. The first-order valence-corrected chi connectivity index (χ1v) is 10.5. The highest BCUT2D eigenvalue weighted by atomic mass is 16.5. The molecule has 0 aromatic heterocycles. The number of hydrogen-bond acceptors (Lipinski definition) is 4. The lowest BCUT2D eigenvalue weighted by atomic mass is 9.91. The van der Waals surface area contributed by atoms with Crippen molar-refractivity contribution in [1.29, 1.82) is 0 Å². The first kappa shape index (κ1) is 20.9. The van der Waals surface area contributed by atoms with Gasteiger partial charge in [0.15, 0.2) is 0 Å². The minimum absolute atomic E-state index is 0.138. The van der Waals surface area contributed by atoms with Gasteiger partial charge in [-0.1, -0.05) is 37.3 Å². The summed E-state index contributed by atoms with van der Waals surface area (Å²) < 4.78 is 4.99. The minimum Gasteiger partial charge on any atom is -0.466 e. The monoisotopic (exact) mass is 394 g/mol. The molecule has 1 amide bonds. The molecular formula is C24H30N2O3. The number of esters is 1. The molecule has 0 aliphatic carbocycles. The van der Waals surface area contributed by atoms with Crippen LogP contribution in [0.15, 0.2) is 48.5 Å². The Morgan fingerprint density at radius 2 is 1.83 bits per heavy atom. The normalized spacial score (nSPS) is 18.1. The molecule has 154 valence electrons. The van der Waals surface area contributed by atoms with Gasteiger partial charge in [-0.05, 0) is 56.0 Å². The Morgan fingerprint density at radius 1 is 1.10 bits per heavy atom. The number of hydrogen-bond donors (Lipinski definition) is 1. The van der Waals surface area contributed by atoms with Crippen LogP contribution >= 0.6 is 0 Å². The van der Waals surface area contributed by atoms with Crippen molar-refractivity contribution >= 4 is 23.3 Å². The van der Waals surface area contributed by atoms with E-state index in [0.717, 1.165) is 28.9 Å². The maximum Gasteiger partial charge on any atom is 0.306 e. The SMILES string of the molecule is CCOC(=O)CCc1ccc(N[C@@H]2C[C@H](C)N(C(=O)CC)c3ccccc32)cc1. The molecule has 1 aliphatic rings. The third kappa shape index (κ3) is 4.97. The van der Waals surface area contributed by atoms with Crippen LogP contribution in [0.4, 0.5) is 11.4 Å². The van der Waals surface area contributed by atoms with E-state index in [4.69, 9.17) is 4.74 Å². The number of benzene rings is 2. The molecule has 29 heavy (non-hydrogen) atoms. The number of anilines is 2. The van der Waals surface area contributed by atoms with E-state index in [0.29, 0.717) is 25.9 Å². The fourth-order valence-corrected chi connectivity index (χ4v) is 3.95. The van der Waals surface area contributed by atoms with Gasteiger partial charge in [-0.25, -0.2) is 0 Å². The number of ether oxygens (including phenoxy) is 1. The Kier molecular flexibility index (Phi) is 6.91. The third-order valence-electron chi connectivity index (χ3n) is 5.38. The summed E-state index contributed by atoms with van der Waals surface area (Å²) in [6.07, 6.45) is 2.43. The van der Waals surface area contributed by atoms with Gasteiger partial charge in [-0.3, -0.25) is 9.59 Å². The Balaban J connectivity index is 1.71. The largest absolute Gasteiger partial charge is 0.466 e.